The van der Waals surface area contributed by atoms with Gasteiger partial charge in [-0.3, -0.25) is 14.4 Å². The van der Waals surface area contributed by atoms with Gasteiger partial charge in [0.05, 0.1) is 5.69 Å². The van der Waals surface area contributed by atoms with Gasteiger partial charge in [0.15, 0.2) is 11.4 Å². The molecule has 1 unspecified atom stereocenters. The van der Waals surface area contributed by atoms with E-state index in [1.807, 2.05) is 60.7 Å². The van der Waals surface area contributed by atoms with Gasteiger partial charge in [-0.05, 0) is 31.0 Å². The van der Waals surface area contributed by atoms with E-state index in [9.17, 15) is 19.2 Å². The zero-order chi connectivity index (χ0) is 26.1. The Labute approximate surface area is 208 Å². The first-order valence-corrected chi connectivity index (χ1v) is 11.3. The van der Waals surface area contributed by atoms with Crippen LogP contribution in [-0.4, -0.2) is 41.4 Å². The molecular formula is C27H27N3O6. The molecule has 9 nitrogen and oxygen atoms in total. The Hall–Kier alpha value is -4.53. The fraction of sp³-hybridized carbons (Fsp3) is 0.222. The number of rotatable bonds is 10. The Bertz CT molecular complexity index is 1180. The maximum atomic E-state index is 12.9. The fourth-order valence-corrected chi connectivity index (χ4v) is 3.77. The van der Waals surface area contributed by atoms with Gasteiger partial charge in [-0.15, -0.1) is 0 Å². The number of anilines is 1. The minimum absolute atomic E-state index is 0.0813. The Balaban J connectivity index is 1.76. The van der Waals surface area contributed by atoms with Gasteiger partial charge in [0.1, 0.15) is 12.1 Å². The summed E-state index contributed by atoms with van der Waals surface area (Å²) >= 11 is 0. The fourth-order valence-electron chi connectivity index (χ4n) is 3.77. The summed E-state index contributed by atoms with van der Waals surface area (Å²) in [6.07, 6.45) is 1.10. The summed E-state index contributed by atoms with van der Waals surface area (Å²) in [5, 5.41) is 4.87. The van der Waals surface area contributed by atoms with Crippen LogP contribution >= 0.6 is 0 Å². The van der Waals surface area contributed by atoms with Crippen molar-refractivity contribution in [2.75, 3.05) is 5.32 Å². The lowest BCUT2D eigenvalue weighted by atomic mass is 9.87. The molecule has 0 saturated carbocycles. The minimum Gasteiger partial charge on any atom is -0.460 e. The maximum absolute atomic E-state index is 12.9. The zero-order valence-corrected chi connectivity index (χ0v) is 20.1. The topological polar surface area (TPSA) is 124 Å². The summed E-state index contributed by atoms with van der Waals surface area (Å²) in [6, 6.07) is 19.7. The van der Waals surface area contributed by atoms with Crippen molar-refractivity contribution in [3.8, 4) is 5.75 Å². The highest BCUT2D eigenvalue weighted by Crippen LogP contribution is 2.30. The van der Waals surface area contributed by atoms with E-state index in [1.165, 1.54) is 19.2 Å². The predicted molar refractivity (Wildman–Crippen MR) is 132 cm³/mol. The van der Waals surface area contributed by atoms with Gasteiger partial charge < -0.3 is 20.1 Å². The SMILES string of the molecule is CC(=O)Oc1c(NC=O)ccnc1C(=O)N[C@@H](C)C(=O)OC(C)C(c1ccccc1)c1ccccc1. The molecule has 0 aliphatic carbocycles. The van der Waals surface area contributed by atoms with Crippen LogP contribution in [0.15, 0.2) is 72.9 Å². The average Bonchev–Trinajstić information content (AvgIpc) is 2.86. The van der Waals surface area contributed by atoms with Gasteiger partial charge in [0, 0.05) is 19.0 Å². The highest BCUT2D eigenvalue weighted by molar-refractivity contribution is 6.00. The number of hydrogen-bond donors (Lipinski definition) is 2. The molecule has 36 heavy (non-hydrogen) atoms. The van der Waals surface area contributed by atoms with E-state index in [0.29, 0.717) is 6.41 Å². The maximum Gasteiger partial charge on any atom is 0.328 e. The number of nitrogens with zero attached hydrogens (tertiary/aromatic N) is 1. The van der Waals surface area contributed by atoms with Crippen molar-refractivity contribution in [1.29, 1.82) is 0 Å². The van der Waals surface area contributed by atoms with Crippen molar-refractivity contribution in [2.45, 2.75) is 38.8 Å². The number of benzene rings is 2. The van der Waals surface area contributed by atoms with E-state index in [2.05, 4.69) is 15.6 Å². The van der Waals surface area contributed by atoms with E-state index < -0.39 is 30.0 Å². The highest BCUT2D eigenvalue weighted by Gasteiger charge is 2.28. The second kappa shape index (κ2) is 12.3. The molecule has 2 amide bonds. The molecule has 2 N–H and O–H groups in total. The molecule has 0 spiro atoms. The number of ether oxygens (including phenoxy) is 2. The number of carbonyl (C=O) groups excluding carboxylic acids is 4. The Morgan fingerprint density at radius 3 is 2.03 bits per heavy atom. The molecule has 2 aromatic carbocycles. The highest BCUT2D eigenvalue weighted by atomic mass is 16.5. The molecule has 1 heterocycles. The number of nitrogens with one attached hydrogen (secondary N) is 2. The number of carbonyl (C=O) groups is 4. The number of pyridine rings is 1. The largest absolute Gasteiger partial charge is 0.460 e. The lowest BCUT2D eigenvalue weighted by molar-refractivity contribution is -0.150. The molecule has 2 atom stereocenters. The van der Waals surface area contributed by atoms with Gasteiger partial charge >= 0.3 is 11.9 Å². The van der Waals surface area contributed by atoms with Gasteiger partial charge in [-0.2, -0.15) is 0 Å². The predicted octanol–water partition coefficient (Wildman–Crippen LogP) is 3.46. The van der Waals surface area contributed by atoms with Gasteiger partial charge in [0.25, 0.3) is 5.91 Å². The van der Waals surface area contributed by atoms with Crippen molar-refractivity contribution in [2.24, 2.45) is 0 Å². The van der Waals surface area contributed by atoms with Gasteiger partial charge in [-0.25, -0.2) is 9.78 Å². The van der Waals surface area contributed by atoms with Crippen LogP contribution < -0.4 is 15.4 Å². The van der Waals surface area contributed by atoms with E-state index in [1.54, 1.807) is 6.92 Å². The van der Waals surface area contributed by atoms with Crippen LogP contribution in [-0.2, 0) is 19.1 Å². The summed E-state index contributed by atoms with van der Waals surface area (Å²) in [7, 11) is 0. The van der Waals surface area contributed by atoms with Crippen LogP contribution in [0.2, 0.25) is 0 Å². The molecule has 0 aliphatic heterocycles. The van der Waals surface area contributed by atoms with E-state index in [4.69, 9.17) is 9.47 Å². The lowest BCUT2D eigenvalue weighted by Gasteiger charge is -2.26. The number of amides is 2. The molecule has 0 aliphatic rings. The third kappa shape index (κ3) is 6.53. The van der Waals surface area contributed by atoms with Gasteiger partial charge in [0.2, 0.25) is 6.41 Å². The molecule has 9 heteroatoms. The third-order valence-electron chi connectivity index (χ3n) is 5.37. The van der Waals surface area contributed by atoms with Crippen LogP contribution in [0.4, 0.5) is 5.69 Å². The molecule has 0 radical (unpaired) electrons. The summed E-state index contributed by atoms with van der Waals surface area (Å²) in [5.74, 6) is -2.58. The van der Waals surface area contributed by atoms with Crippen LogP contribution in [0, 0.1) is 0 Å². The monoisotopic (exact) mass is 489 g/mol. The third-order valence-corrected chi connectivity index (χ3v) is 5.37. The average molecular weight is 490 g/mol. The van der Waals surface area contributed by atoms with Crippen LogP contribution in [0.5, 0.6) is 5.75 Å². The molecular weight excluding hydrogens is 462 g/mol. The number of esters is 2. The summed E-state index contributed by atoms with van der Waals surface area (Å²) < 4.78 is 10.8. The van der Waals surface area contributed by atoms with Crippen molar-refractivity contribution in [1.82, 2.24) is 10.3 Å². The molecule has 3 rings (SSSR count). The standard InChI is InChI=1S/C27H27N3O6/c1-17(30-26(33)24-25(36-19(3)32)22(29-16-31)14-15-28-24)27(34)35-18(2)23(20-10-6-4-7-11-20)21-12-8-5-9-13-21/h4-18,23H,1-3H3,(H,30,33)(H,28,29,31)/t17-,18?/m0/s1. The molecule has 3 aromatic rings. The van der Waals surface area contributed by atoms with Gasteiger partial charge in [-0.1, -0.05) is 60.7 Å². The van der Waals surface area contributed by atoms with E-state index in [-0.39, 0.29) is 23.0 Å². The minimum atomic E-state index is -1.04. The molecule has 0 saturated heterocycles. The molecule has 0 fully saturated rings. The summed E-state index contributed by atoms with van der Waals surface area (Å²) in [5.41, 5.74) is 1.78. The first kappa shape index (κ1) is 26.1. The van der Waals surface area contributed by atoms with E-state index in [0.717, 1.165) is 18.1 Å². The van der Waals surface area contributed by atoms with Crippen LogP contribution in [0.3, 0.4) is 0 Å². The first-order chi connectivity index (χ1) is 17.3. The van der Waals surface area contributed by atoms with Crippen LogP contribution in [0.25, 0.3) is 0 Å². The second-order valence-corrected chi connectivity index (χ2v) is 8.03. The first-order valence-electron chi connectivity index (χ1n) is 11.3. The van der Waals surface area contributed by atoms with Crippen molar-refractivity contribution >= 4 is 29.9 Å². The molecule has 0 bridgehead atoms. The summed E-state index contributed by atoms with van der Waals surface area (Å²) in [4.78, 5) is 52.2. The van der Waals surface area contributed by atoms with Crippen molar-refractivity contribution in [3.05, 3.63) is 89.7 Å². The normalized spacial score (nSPS) is 12.2. The Morgan fingerprint density at radius 1 is 0.917 bits per heavy atom. The number of aromatic nitrogens is 1. The molecule has 186 valence electrons. The van der Waals surface area contributed by atoms with Crippen molar-refractivity contribution in [3.63, 3.8) is 0 Å². The zero-order valence-electron chi connectivity index (χ0n) is 20.1. The van der Waals surface area contributed by atoms with Crippen LogP contribution in [0.1, 0.15) is 48.3 Å². The second-order valence-electron chi connectivity index (χ2n) is 8.03. The van der Waals surface area contributed by atoms with Crippen molar-refractivity contribution < 1.29 is 28.7 Å². The summed E-state index contributed by atoms with van der Waals surface area (Å²) in [6.45, 7) is 4.43. The van der Waals surface area contributed by atoms with E-state index >= 15 is 0 Å². The quantitative estimate of drug-likeness (QED) is 0.330. The Morgan fingerprint density at radius 2 is 1.50 bits per heavy atom. The Kier molecular flexibility index (Phi) is 8.88. The number of hydrogen-bond acceptors (Lipinski definition) is 7. The lowest BCUT2D eigenvalue weighted by Crippen LogP contribution is -2.41. The smallest absolute Gasteiger partial charge is 0.328 e. The molecule has 1 aromatic heterocycles.